The number of benzene rings is 3. The van der Waals surface area contributed by atoms with Crippen molar-refractivity contribution in [3.8, 4) is 5.75 Å². The number of aryl methyl sites for hydroxylation is 1. The molecule has 0 spiro atoms. The van der Waals surface area contributed by atoms with E-state index in [0.717, 1.165) is 16.8 Å². The number of nitrogens with zero attached hydrogens (tertiary/aromatic N) is 3. The molecule has 1 amide bonds. The molecule has 0 atom stereocenters. The highest BCUT2D eigenvalue weighted by atomic mass is 16.6. The summed E-state index contributed by atoms with van der Waals surface area (Å²) >= 11 is 0. The number of amides is 1. The van der Waals surface area contributed by atoms with Crippen LogP contribution in [0.25, 0.3) is 0 Å². The fourth-order valence-electron chi connectivity index (χ4n) is 4.24. The minimum Gasteiger partial charge on any atom is -0.496 e. The second-order valence-electron chi connectivity index (χ2n) is 8.23. The second kappa shape index (κ2) is 10.2. The van der Waals surface area contributed by atoms with E-state index in [1.165, 1.54) is 6.07 Å². The van der Waals surface area contributed by atoms with Crippen LogP contribution in [0, 0.1) is 17.0 Å². The first-order valence-corrected chi connectivity index (χ1v) is 11.2. The van der Waals surface area contributed by atoms with Crippen molar-refractivity contribution in [1.29, 1.82) is 0 Å². The molecule has 0 saturated carbocycles. The number of nitro benzene ring substituents is 1. The largest absolute Gasteiger partial charge is 0.496 e. The van der Waals surface area contributed by atoms with Gasteiger partial charge in [0.2, 0.25) is 0 Å². The van der Waals surface area contributed by atoms with Crippen LogP contribution in [-0.4, -0.2) is 49.0 Å². The number of para-hydroxylation sites is 1. The summed E-state index contributed by atoms with van der Waals surface area (Å²) in [7, 11) is 1.58. The van der Waals surface area contributed by atoms with E-state index in [9.17, 15) is 14.9 Å². The lowest BCUT2D eigenvalue weighted by atomic mass is 10.1. The van der Waals surface area contributed by atoms with Gasteiger partial charge < -0.3 is 19.9 Å². The number of hydrogen-bond donors (Lipinski definition) is 1. The van der Waals surface area contributed by atoms with Crippen LogP contribution in [-0.2, 0) is 6.54 Å². The number of carbonyl (C=O) groups excluding carboxylic acids is 1. The van der Waals surface area contributed by atoms with Crippen molar-refractivity contribution in [2.75, 3.05) is 43.5 Å². The molecule has 1 fully saturated rings. The predicted octanol–water partition coefficient (Wildman–Crippen LogP) is 4.49. The molecule has 0 aliphatic carbocycles. The Morgan fingerprint density at radius 1 is 1.03 bits per heavy atom. The number of hydrogen-bond acceptors (Lipinski definition) is 6. The number of rotatable bonds is 7. The molecule has 3 aromatic rings. The van der Waals surface area contributed by atoms with Gasteiger partial charge in [-0.1, -0.05) is 42.5 Å². The van der Waals surface area contributed by atoms with E-state index < -0.39 is 0 Å². The van der Waals surface area contributed by atoms with Crippen molar-refractivity contribution in [2.24, 2.45) is 0 Å². The molecule has 3 aromatic carbocycles. The first-order valence-electron chi connectivity index (χ1n) is 11.2. The molecule has 0 bridgehead atoms. The highest BCUT2D eigenvalue weighted by Gasteiger charge is 2.26. The molecule has 1 heterocycles. The van der Waals surface area contributed by atoms with E-state index in [2.05, 4.69) is 10.2 Å². The summed E-state index contributed by atoms with van der Waals surface area (Å²) in [5.74, 6) is 0.563. The van der Waals surface area contributed by atoms with Crippen molar-refractivity contribution in [2.45, 2.75) is 13.5 Å². The van der Waals surface area contributed by atoms with Crippen LogP contribution >= 0.6 is 0 Å². The maximum absolute atomic E-state index is 13.1. The number of ether oxygens (including phenoxy) is 1. The van der Waals surface area contributed by atoms with E-state index in [4.69, 9.17) is 4.74 Å². The summed E-state index contributed by atoms with van der Waals surface area (Å²) in [5.41, 5.74) is 3.95. The lowest BCUT2D eigenvalue weighted by molar-refractivity contribution is -0.384. The van der Waals surface area contributed by atoms with Gasteiger partial charge in [-0.2, -0.15) is 0 Å². The van der Waals surface area contributed by atoms with Crippen molar-refractivity contribution in [3.63, 3.8) is 0 Å². The molecule has 8 heteroatoms. The third-order valence-electron chi connectivity index (χ3n) is 6.08. The molecule has 0 unspecified atom stereocenters. The molecular weight excluding hydrogens is 432 g/mol. The van der Waals surface area contributed by atoms with E-state index in [-0.39, 0.29) is 16.5 Å². The minimum absolute atomic E-state index is 0.0417. The van der Waals surface area contributed by atoms with Gasteiger partial charge in [-0.05, 0) is 36.2 Å². The smallest absolute Gasteiger partial charge is 0.292 e. The average molecular weight is 461 g/mol. The van der Waals surface area contributed by atoms with Crippen LogP contribution < -0.4 is 15.0 Å². The summed E-state index contributed by atoms with van der Waals surface area (Å²) in [6.45, 7) is 4.79. The number of anilines is 2. The summed E-state index contributed by atoms with van der Waals surface area (Å²) in [6, 6.07) is 20.5. The molecule has 1 N–H and O–H groups in total. The number of nitrogens with one attached hydrogen (secondary N) is 1. The van der Waals surface area contributed by atoms with E-state index in [0.29, 0.717) is 49.7 Å². The third kappa shape index (κ3) is 4.96. The van der Waals surface area contributed by atoms with Gasteiger partial charge in [-0.3, -0.25) is 14.9 Å². The van der Waals surface area contributed by atoms with Crippen molar-refractivity contribution in [3.05, 3.63) is 93.5 Å². The lowest BCUT2D eigenvalue weighted by Crippen LogP contribution is -2.48. The van der Waals surface area contributed by atoms with Crippen LogP contribution in [0.3, 0.4) is 0 Å². The Hall–Kier alpha value is -4.07. The molecule has 0 radical (unpaired) electrons. The highest BCUT2D eigenvalue weighted by Crippen LogP contribution is 2.31. The molecule has 4 rings (SSSR count). The van der Waals surface area contributed by atoms with Crippen molar-refractivity contribution >= 4 is 23.0 Å². The molecule has 1 aliphatic heterocycles. The molecule has 1 aliphatic rings. The van der Waals surface area contributed by atoms with Gasteiger partial charge >= 0.3 is 0 Å². The van der Waals surface area contributed by atoms with Gasteiger partial charge in [-0.25, -0.2) is 0 Å². The van der Waals surface area contributed by atoms with E-state index >= 15 is 0 Å². The van der Waals surface area contributed by atoms with Crippen molar-refractivity contribution < 1.29 is 14.5 Å². The SMILES string of the molecule is COc1c(C)cccc1C(=O)N1CCN(c2ccc([N+](=O)[O-])c(NCc3ccccc3)c2)CC1. The fourth-order valence-corrected chi connectivity index (χ4v) is 4.24. The second-order valence-corrected chi connectivity index (χ2v) is 8.23. The Morgan fingerprint density at radius 3 is 2.44 bits per heavy atom. The Balaban J connectivity index is 1.46. The monoisotopic (exact) mass is 460 g/mol. The summed E-state index contributed by atoms with van der Waals surface area (Å²) < 4.78 is 5.46. The Kier molecular flexibility index (Phi) is 6.96. The average Bonchev–Trinajstić information content (AvgIpc) is 2.87. The molecule has 0 aromatic heterocycles. The van der Waals surface area contributed by atoms with Gasteiger partial charge in [0.25, 0.3) is 11.6 Å². The van der Waals surface area contributed by atoms with Gasteiger partial charge in [0.15, 0.2) is 0 Å². The molecule has 176 valence electrons. The molecule has 34 heavy (non-hydrogen) atoms. The maximum atomic E-state index is 13.1. The van der Waals surface area contributed by atoms with Gasteiger partial charge in [-0.15, -0.1) is 0 Å². The minimum atomic E-state index is -0.372. The first-order chi connectivity index (χ1) is 16.5. The highest BCUT2D eigenvalue weighted by molar-refractivity contribution is 5.97. The van der Waals surface area contributed by atoms with Gasteiger partial charge in [0, 0.05) is 44.5 Å². The predicted molar refractivity (Wildman–Crippen MR) is 133 cm³/mol. The van der Waals surface area contributed by atoms with Crippen LogP contribution in [0.1, 0.15) is 21.5 Å². The third-order valence-corrected chi connectivity index (χ3v) is 6.08. The normalized spacial score (nSPS) is 13.5. The number of carbonyl (C=O) groups is 1. The lowest BCUT2D eigenvalue weighted by Gasteiger charge is -2.36. The zero-order valence-corrected chi connectivity index (χ0v) is 19.4. The zero-order valence-electron chi connectivity index (χ0n) is 19.4. The summed E-state index contributed by atoms with van der Waals surface area (Å²) in [4.78, 5) is 28.3. The fraction of sp³-hybridized carbons (Fsp3) is 0.269. The Bertz CT molecular complexity index is 1170. The molecule has 1 saturated heterocycles. The maximum Gasteiger partial charge on any atom is 0.292 e. The van der Waals surface area contributed by atoms with E-state index in [1.54, 1.807) is 19.2 Å². The van der Waals surface area contributed by atoms with Crippen LogP contribution in [0.5, 0.6) is 5.75 Å². The van der Waals surface area contributed by atoms with Gasteiger partial charge in [0.1, 0.15) is 11.4 Å². The van der Waals surface area contributed by atoms with Crippen molar-refractivity contribution in [1.82, 2.24) is 4.90 Å². The standard InChI is InChI=1S/C26H28N4O4/c1-19-7-6-10-22(25(19)34-2)26(31)29-15-13-28(14-16-29)21-11-12-24(30(32)33)23(17-21)27-18-20-8-4-3-5-9-20/h3-12,17,27H,13-16,18H2,1-2H3. The number of piperazine rings is 1. The number of methoxy groups -OCH3 is 1. The zero-order chi connectivity index (χ0) is 24.1. The molecule has 8 nitrogen and oxygen atoms in total. The number of nitro groups is 1. The Morgan fingerprint density at radius 2 is 1.76 bits per heavy atom. The topological polar surface area (TPSA) is 88.0 Å². The molecular formula is C26H28N4O4. The Labute approximate surface area is 198 Å². The van der Waals surface area contributed by atoms with E-state index in [1.807, 2.05) is 60.4 Å². The summed E-state index contributed by atoms with van der Waals surface area (Å²) in [6.07, 6.45) is 0. The van der Waals surface area contributed by atoms with Crippen LogP contribution in [0.4, 0.5) is 17.1 Å². The van der Waals surface area contributed by atoms with Crippen LogP contribution in [0.2, 0.25) is 0 Å². The van der Waals surface area contributed by atoms with Gasteiger partial charge in [0.05, 0.1) is 17.6 Å². The first kappa shape index (κ1) is 23.1. The quantitative estimate of drug-likeness (QED) is 0.413. The van der Waals surface area contributed by atoms with Crippen LogP contribution in [0.15, 0.2) is 66.7 Å². The summed E-state index contributed by atoms with van der Waals surface area (Å²) in [5, 5.41) is 14.8.